The Labute approximate surface area is 40.0 Å². The van der Waals surface area contributed by atoms with Crippen LogP contribution in [0.2, 0.25) is 0 Å². The van der Waals surface area contributed by atoms with Crippen molar-refractivity contribution in [1.29, 1.82) is 0 Å². The maximum Gasteiger partial charge on any atom is 0.0283 e. The van der Waals surface area contributed by atoms with E-state index in [1.165, 1.54) is 0 Å². The standard InChI is InChI=1S/C3H3ClS/c1-2-3-5-4/h3H,1H2. The van der Waals surface area contributed by atoms with Gasteiger partial charge in [-0.1, -0.05) is 6.58 Å². The molecule has 0 bridgehead atoms. The van der Waals surface area contributed by atoms with E-state index in [9.17, 15) is 0 Å². The molecule has 0 aliphatic rings. The zero-order valence-electron chi connectivity index (χ0n) is 2.57. The Morgan fingerprint density at radius 2 is 2.60 bits per heavy atom. The van der Waals surface area contributed by atoms with E-state index >= 15 is 0 Å². The molecule has 0 nitrogen and oxygen atoms in total. The van der Waals surface area contributed by atoms with Crippen LogP contribution in [0.1, 0.15) is 0 Å². The fourth-order valence-corrected chi connectivity index (χ4v) is 0.283. The molecule has 2 heteroatoms. The highest BCUT2D eigenvalue weighted by Crippen LogP contribution is 2.03. The molecule has 0 heterocycles. The first-order valence-electron chi connectivity index (χ1n) is 1.03. The molecule has 5 heavy (non-hydrogen) atoms. The van der Waals surface area contributed by atoms with E-state index in [1.54, 1.807) is 5.41 Å². The fourth-order valence-electron chi connectivity index (χ4n) is 0.0315. The van der Waals surface area contributed by atoms with Crippen LogP contribution in [0.25, 0.3) is 0 Å². The molecule has 0 spiro atoms. The van der Waals surface area contributed by atoms with E-state index in [2.05, 4.69) is 12.3 Å². The van der Waals surface area contributed by atoms with Gasteiger partial charge in [0.05, 0.1) is 0 Å². The first-order valence-corrected chi connectivity index (χ1v) is 2.74. The smallest absolute Gasteiger partial charge is 0.0283 e. The second kappa shape index (κ2) is 4.16. The third-order valence-corrected chi connectivity index (χ3v) is 0.651. The predicted octanol–water partition coefficient (Wildman–Crippen LogP) is 2.17. The number of hydrogen-bond donors (Lipinski definition) is 0. The van der Waals surface area contributed by atoms with Crippen molar-refractivity contribution in [3.05, 3.63) is 17.7 Å². The van der Waals surface area contributed by atoms with Crippen LogP contribution < -0.4 is 0 Å². The lowest BCUT2D eigenvalue weighted by atomic mass is 11.0. The molecular formula is C3H3ClS. The van der Waals surface area contributed by atoms with Crippen LogP contribution in [-0.2, 0) is 0 Å². The second-order valence-corrected chi connectivity index (χ2v) is 1.36. The van der Waals surface area contributed by atoms with Gasteiger partial charge in [0.15, 0.2) is 0 Å². The minimum atomic E-state index is 1.08. The van der Waals surface area contributed by atoms with E-state index in [0.717, 1.165) is 11.0 Å². The Balaban J connectivity index is 2.93. The molecule has 0 rings (SSSR count). The van der Waals surface area contributed by atoms with Crippen molar-refractivity contribution in [3.8, 4) is 0 Å². The van der Waals surface area contributed by atoms with Gasteiger partial charge in [0, 0.05) is 5.41 Å². The third-order valence-electron chi connectivity index (χ3n) is 0.128. The van der Waals surface area contributed by atoms with E-state index in [4.69, 9.17) is 10.7 Å². The molecule has 0 radical (unpaired) electrons. The molecule has 0 aromatic heterocycles. The van der Waals surface area contributed by atoms with Gasteiger partial charge in [0.1, 0.15) is 0 Å². The van der Waals surface area contributed by atoms with Gasteiger partial charge in [-0.3, -0.25) is 0 Å². The van der Waals surface area contributed by atoms with Gasteiger partial charge < -0.3 is 0 Å². The van der Waals surface area contributed by atoms with Crippen molar-refractivity contribution in [2.75, 3.05) is 0 Å². The fraction of sp³-hybridized carbons (Fsp3) is 0. The first kappa shape index (κ1) is 5.16. The average Bonchev–Trinajstić information content (AvgIpc) is 1.41. The number of hydrogen-bond acceptors (Lipinski definition) is 1. The molecule has 0 unspecified atom stereocenters. The lowest BCUT2D eigenvalue weighted by Gasteiger charge is -1.56. The monoisotopic (exact) mass is 106 g/mol. The van der Waals surface area contributed by atoms with Crippen LogP contribution in [0.5, 0.6) is 0 Å². The van der Waals surface area contributed by atoms with Gasteiger partial charge in [-0.2, -0.15) is 0 Å². The molecule has 0 saturated carbocycles. The molecule has 0 atom stereocenters. The largest absolute Gasteiger partial charge is 0.121 e. The summed E-state index contributed by atoms with van der Waals surface area (Å²) in [6.07, 6.45) is 0. The van der Waals surface area contributed by atoms with Crippen molar-refractivity contribution < 1.29 is 0 Å². The Bertz CT molecular complexity index is 53.9. The van der Waals surface area contributed by atoms with E-state index in [-0.39, 0.29) is 0 Å². The molecule has 0 aromatic carbocycles. The summed E-state index contributed by atoms with van der Waals surface area (Å²) in [5.41, 5.74) is 2.47. The number of rotatable bonds is 1. The van der Waals surface area contributed by atoms with Crippen molar-refractivity contribution in [3.63, 3.8) is 0 Å². The topological polar surface area (TPSA) is 0 Å². The zero-order valence-corrected chi connectivity index (χ0v) is 4.14. The summed E-state index contributed by atoms with van der Waals surface area (Å²) in [6.45, 7) is 3.26. The average molecular weight is 107 g/mol. The SMILES string of the molecule is C=C=CSCl. The summed E-state index contributed by atoms with van der Waals surface area (Å²) in [4.78, 5) is 0. The molecule has 0 aliphatic carbocycles. The lowest BCUT2D eigenvalue weighted by molar-refractivity contribution is 2.45. The predicted molar refractivity (Wildman–Crippen MR) is 27.2 cm³/mol. The summed E-state index contributed by atoms with van der Waals surface area (Å²) in [5, 5.41) is 1.57. The maximum absolute atomic E-state index is 5.06. The molecule has 0 fully saturated rings. The van der Waals surface area contributed by atoms with Crippen LogP contribution in [-0.4, -0.2) is 0 Å². The van der Waals surface area contributed by atoms with Crippen LogP contribution in [0.15, 0.2) is 17.7 Å². The molecule has 28 valence electrons. The summed E-state index contributed by atoms with van der Waals surface area (Å²) in [7, 11) is 6.14. The highest BCUT2D eigenvalue weighted by Gasteiger charge is 1.52. The molecule has 0 amide bonds. The highest BCUT2D eigenvalue weighted by atomic mass is 35.7. The third kappa shape index (κ3) is 4.16. The molecule has 0 aliphatic heterocycles. The Hall–Kier alpha value is 0.160. The second-order valence-electron chi connectivity index (χ2n) is 0.411. The van der Waals surface area contributed by atoms with Gasteiger partial charge in [0.25, 0.3) is 0 Å². The van der Waals surface area contributed by atoms with Crippen LogP contribution in [0.3, 0.4) is 0 Å². The van der Waals surface area contributed by atoms with Gasteiger partial charge in [0.2, 0.25) is 0 Å². The van der Waals surface area contributed by atoms with E-state index < -0.39 is 0 Å². The number of halogens is 1. The summed E-state index contributed by atoms with van der Waals surface area (Å²) in [5.74, 6) is 0. The van der Waals surface area contributed by atoms with Crippen LogP contribution >= 0.6 is 21.7 Å². The quantitative estimate of drug-likeness (QED) is 0.462. The Morgan fingerprint density at radius 1 is 2.00 bits per heavy atom. The normalized spacial score (nSPS) is 5.80. The van der Waals surface area contributed by atoms with Gasteiger partial charge >= 0.3 is 0 Å². The van der Waals surface area contributed by atoms with Crippen molar-refractivity contribution >= 4 is 21.7 Å². The highest BCUT2D eigenvalue weighted by molar-refractivity contribution is 8.23. The van der Waals surface area contributed by atoms with E-state index in [0.29, 0.717) is 0 Å². The van der Waals surface area contributed by atoms with E-state index in [1.807, 2.05) is 0 Å². The molecule has 0 N–H and O–H groups in total. The minimum absolute atomic E-state index is 1.08. The first-order chi connectivity index (χ1) is 2.41. The molecule has 0 saturated heterocycles. The van der Waals surface area contributed by atoms with Crippen molar-refractivity contribution in [1.82, 2.24) is 0 Å². The summed E-state index contributed by atoms with van der Waals surface area (Å²) in [6, 6.07) is 0. The lowest BCUT2D eigenvalue weighted by Crippen LogP contribution is -1.16. The maximum atomic E-state index is 5.06. The molecule has 0 aromatic rings. The Kier molecular flexibility index (Phi) is 4.29. The van der Waals surface area contributed by atoms with Crippen molar-refractivity contribution in [2.24, 2.45) is 0 Å². The van der Waals surface area contributed by atoms with Crippen molar-refractivity contribution in [2.45, 2.75) is 0 Å². The van der Waals surface area contributed by atoms with Gasteiger partial charge in [-0.05, 0) is 21.7 Å². The van der Waals surface area contributed by atoms with Gasteiger partial charge in [-0.25, -0.2) is 0 Å². The molecular weight excluding hydrogens is 104 g/mol. The summed E-state index contributed by atoms with van der Waals surface area (Å²) < 4.78 is 0. The zero-order chi connectivity index (χ0) is 4.12. The van der Waals surface area contributed by atoms with Crippen LogP contribution in [0.4, 0.5) is 0 Å². The Morgan fingerprint density at radius 3 is 2.60 bits per heavy atom. The minimum Gasteiger partial charge on any atom is -0.121 e. The van der Waals surface area contributed by atoms with Crippen LogP contribution in [0, 0.1) is 0 Å². The summed E-state index contributed by atoms with van der Waals surface area (Å²) >= 11 is 0. The van der Waals surface area contributed by atoms with Gasteiger partial charge in [-0.15, -0.1) is 5.73 Å².